The van der Waals surface area contributed by atoms with Crippen LogP contribution in [0.25, 0.3) is 0 Å². The number of esters is 2. The monoisotopic (exact) mass is 226 g/mol. The van der Waals surface area contributed by atoms with E-state index in [4.69, 9.17) is 4.74 Å². The summed E-state index contributed by atoms with van der Waals surface area (Å²) in [6, 6.07) is 0. The molecular formula is C9H10N2O5. The standard InChI is InChI=1S/C9H10N2O5/c12-7-2-1-5(10-11-7)8(13)16-6-3-4-15-9(6)14/h6H,1-4H2,(H,11,12)/t6-/m1/s1. The fourth-order valence-corrected chi connectivity index (χ4v) is 1.40. The van der Waals surface area contributed by atoms with Crippen molar-refractivity contribution in [1.29, 1.82) is 0 Å². The lowest BCUT2D eigenvalue weighted by atomic mass is 10.2. The maximum atomic E-state index is 11.5. The van der Waals surface area contributed by atoms with E-state index in [0.717, 1.165) is 0 Å². The second kappa shape index (κ2) is 4.30. The molecule has 1 amide bonds. The molecule has 2 aliphatic rings. The molecule has 7 nitrogen and oxygen atoms in total. The number of ether oxygens (including phenoxy) is 2. The van der Waals surface area contributed by atoms with Gasteiger partial charge in [0, 0.05) is 19.3 Å². The highest BCUT2D eigenvalue weighted by Crippen LogP contribution is 2.12. The summed E-state index contributed by atoms with van der Waals surface area (Å²) in [6.07, 6.45) is -0.0486. The van der Waals surface area contributed by atoms with E-state index in [1.54, 1.807) is 0 Å². The highest BCUT2D eigenvalue weighted by molar-refractivity contribution is 6.37. The van der Waals surface area contributed by atoms with Gasteiger partial charge in [-0.3, -0.25) is 4.79 Å². The SMILES string of the molecule is O=C1CCC(C(=O)O[C@@H]2CCOC2=O)=NN1. The van der Waals surface area contributed by atoms with Gasteiger partial charge in [0.25, 0.3) is 0 Å². The van der Waals surface area contributed by atoms with Crippen molar-refractivity contribution >= 4 is 23.6 Å². The molecule has 0 aromatic heterocycles. The Balaban J connectivity index is 1.93. The molecule has 0 saturated carbocycles. The van der Waals surface area contributed by atoms with Crippen LogP contribution in [0.4, 0.5) is 0 Å². The van der Waals surface area contributed by atoms with E-state index in [0.29, 0.717) is 6.42 Å². The van der Waals surface area contributed by atoms with E-state index < -0.39 is 18.0 Å². The topological polar surface area (TPSA) is 94.1 Å². The first-order valence-corrected chi connectivity index (χ1v) is 4.90. The molecule has 1 saturated heterocycles. The Labute approximate surface area is 90.8 Å². The summed E-state index contributed by atoms with van der Waals surface area (Å²) in [5.41, 5.74) is 2.31. The Morgan fingerprint density at radius 1 is 1.44 bits per heavy atom. The molecule has 86 valence electrons. The maximum absolute atomic E-state index is 11.5. The third-order valence-electron chi connectivity index (χ3n) is 2.28. The summed E-state index contributed by atoms with van der Waals surface area (Å²) in [5, 5.41) is 3.57. The van der Waals surface area contributed by atoms with Crippen molar-refractivity contribution in [2.45, 2.75) is 25.4 Å². The minimum Gasteiger partial charge on any atom is -0.463 e. The minimum atomic E-state index is -0.840. The smallest absolute Gasteiger partial charge is 0.355 e. The van der Waals surface area contributed by atoms with Crippen LogP contribution in [-0.2, 0) is 23.9 Å². The van der Waals surface area contributed by atoms with Gasteiger partial charge in [0.1, 0.15) is 5.71 Å². The molecule has 7 heteroatoms. The fourth-order valence-electron chi connectivity index (χ4n) is 1.40. The Kier molecular flexibility index (Phi) is 2.84. The van der Waals surface area contributed by atoms with E-state index in [1.807, 2.05) is 0 Å². The van der Waals surface area contributed by atoms with Crippen molar-refractivity contribution in [2.24, 2.45) is 5.10 Å². The van der Waals surface area contributed by atoms with Crippen molar-refractivity contribution in [3.05, 3.63) is 0 Å². The van der Waals surface area contributed by atoms with Gasteiger partial charge >= 0.3 is 11.9 Å². The van der Waals surface area contributed by atoms with Crippen molar-refractivity contribution in [3.63, 3.8) is 0 Å². The largest absolute Gasteiger partial charge is 0.463 e. The van der Waals surface area contributed by atoms with Crippen molar-refractivity contribution in [3.8, 4) is 0 Å². The van der Waals surface area contributed by atoms with Crippen LogP contribution in [0, 0.1) is 0 Å². The second-order valence-corrected chi connectivity index (χ2v) is 3.44. The molecule has 1 atom stereocenters. The molecule has 0 aromatic rings. The van der Waals surface area contributed by atoms with Crippen molar-refractivity contribution in [2.75, 3.05) is 6.61 Å². The van der Waals surface area contributed by atoms with Crippen molar-refractivity contribution in [1.82, 2.24) is 5.43 Å². The number of nitrogens with one attached hydrogen (secondary N) is 1. The summed E-state index contributed by atoms with van der Waals surface area (Å²) in [5.74, 6) is -1.45. The summed E-state index contributed by atoms with van der Waals surface area (Å²) >= 11 is 0. The molecule has 0 bridgehead atoms. The van der Waals surface area contributed by atoms with Gasteiger partial charge in [0.2, 0.25) is 12.0 Å². The highest BCUT2D eigenvalue weighted by Gasteiger charge is 2.32. The van der Waals surface area contributed by atoms with Gasteiger partial charge in [-0.15, -0.1) is 0 Å². The first kappa shape index (κ1) is 10.6. The third-order valence-corrected chi connectivity index (χ3v) is 2.28. The Hall–Kier alpha value is -1.92. The molecule has 0 aromatic carbocycles. The molecular weight excluding hydrogens is 216 g/mol. The maximum Gasteiger partial charge on any atom is 0.355 e. The third kappa shape index (κ3) is 2.18. The number of hydrazone groups is 1. The summed E-state index contributed by atoms with van der Waals surface area (Å²) < 4.78 is 9.55. The zero-order chi connectivity index (χ0) is 11.5. The van der Waals surface area contributed by atoms with Gasteiger partial charge in [0.15, 0.2) is 0 Å². The van der Waals surface area contributed by atoms with E-state index in [1.165, 1.54) is 0 Å². The first-order chi connectivity index (χ1) is 7.66. The number of rotatable bonds is 2. The van der Waals surface area contributed by atoms with Crippen molar-refractivity contribution < 1.29 is 23.9 Å². The molecule has 2 heterocycles. The normalized spacial score (nSPS) is 24.5. The molecule has 2 aliphatic heterocycles. The van der Waals surface area contributed by atoms with Gasteiger partial charge in [-0.25, -0.2) is 15.0 Å². The van der Waals surface area contributed by atoms with E-state index >= 15 is 0 Å². The Morgan fingerprint density at radius 3 is 2.81 bits per heavy atom. The van der Waals surface area contributed by atoms with Crippen LogP contribution >= 0.6 is 0 Å². The van der Waals surface area contributed by atoms with Gasteiger partial charge in [0.05, 0.1) is 6.61 Å². The van der Waals surface area contributed by atoms with Crippen LogP contribution in [0.1, 0.15) is 19.3 Å². The lowest BCUT2D eigenvalue weighted by Gasteiger charge is -2.12. The van der Waals surface area contributed by atoms with Crippen LogP contribution in [0.2, 0.25) is 0 Å². The van der Waals surface area contributed by atoms with Gasteiger partial charge in [-0.05, 0) is 0 Å². The highest BCUT2D eigenvalue weighted by atomic mass is 16.6. The summed E-state index contributed by atoms with van der Waals surface area (Å²) in [7, 11) is 0. The van der Waals surface area contributed by atoms with Crippen LogP contribution in [-0.4, -0.2) is 36.3 Å². The molecule has 2 rings (SSSR count). The number of cyclic esters (lactones) is 1. The molecule has 16 heavy (non-hydrogen) atoms. The summed E-state index contributed by atoms with van der Waals surface area (Å²) in [4.78, 5) is 33.3. The van der Waals surface area contributed by atoms with E-state index in [9.17, 15) is 14.4 Å². The number of hydrogen-bond donors (Lipinski definition) is 1. The number of hydrogen-bond acceptors (Lipinski definition) is 6. The predicted molar refractivity (Wildman–Crippen MR) is 50.3 cm³/mol. The lowest BCUT2D eigenvalue weighted by molar-refractivity contribution is -0.155. The molecule has 1 N–H and O–H groups in total. The number of amides is 1. The van der Waals surface area contributed by atoms with Gasteiger partial charge in [-0.2, -0.15) is 5.10 Å². The Morgan fingerprint density at radius 2 is 2.25 bits per heavy atom. The first-order valence-electron chi connectivity index (χ1n) is 4.90. The molecule has 0 aliphatic carbocycles. The number of carbonyl (C=O) groups excluding carboxylic acids is 3. The van der Waals surface area contributed by atoms with E-state index in [-0.39, 0.29) is 31.1 Å². The molecule has 1 fully saturated rings. The van der Waals surface area contributed by atoms with Crippen LogP contribution < -0.4 is 5.43 Å². The average molecular weight is 226 g/mol. The zero-order valence-corrected chi connectivity index (χ0v) is 8.39. The molecule has 0 unspecified atom stereocenters. The summed E-state index contributed by atoms with van der Waals surface area (Å²) in [6.45, 7) is 0.264. The van der Waals surface area contributed by atoms with Crippen LogP contribution in [0.5, 0.6) is 0 Å². The second-order valence-electron chi connectivity index (χ2n) is 3.44. The number of carbonyl (C=O) groups is 3. The van der Waals surface area contributed by atoms with Crippen LogP contribution in [0.3, 0.4) is 0 Å². The lowest BCUT2D eigenvalue weighted by Crippen LogP contribution is -2.33. The van der Waals surface area contributed by atoms with Gasteiger partial charge < -0.3 is 9.47 Å². The van der Waals surface area contributed by atoms with Crippen LogP contribution in [0.15, 0.2) is 5.10 Å². The quantitative estimate of drug-likeness (QED) is 0.616. The predicted octanol–water partition coefficient (Wildman–Crippen LogP) is -0.889. The fraction of sp³-hybridized carbons (Fsp3) is 0.556. The average Bonchev–Trinajstić information content (AvgIpc) is 2.65. The molecule has 0 radical (unpaired) electrons. The minimum absolute atomic E-state index is 0.124. The number of nitrogens with zero attached hydrogens (tertiary/aromatic N) is 1. The van der Waals surface area contributed by atoms with Gasteiger partial charge in [-0.1, -0.05) is 0 Å². The molecule has 0 spiro atoms. The Bertz CT molecular complexity index is 376. The zero-order valence-electron chi connectivity index (χ0n) is 8.39. The van der Waals surface area contributed by atoms with E-state index in [2.05, 4.69) is 15.3 Å².